The topological polar surface area (TPSA) is 99.1 Å². The van der Waals surface area contributed by atoms with Gasteiger partial charge >= 0.3 is 12.0 Å². The highest BCUT2D eigenvalue weighted by molar-refractivity contribution is 5.76. The molecule has 1 aliphatic rings. The number of aliphatic hydroxyl groups is 1. The number of carbonyl (C=O) groups excluding carboxylic acids is 1. The van der Waals surface area contributed by atoms with E-state index in [1.54, 1.807) is 4.90 Å². The van der Waals surface area contributed by atoms with Gasteiger partial charge < -0.3 is 25.2 Å². The molecule has 1 aliphatic heterocycles. The summed E-state index contributed by atoms with van der Waals surface area (Å²) in [4.78, 5) is 24.1. The Balaban J connectivity index is 2.46. The molecule has 3 N–H and O–H groups in total. The van der Waals surface area contributed by atoms with E-state index >= 15 is 0 Å². The van der Waals surface area contributed by atoms with Gasteiger partial charge in [0.15, 0.2) is 0 Å². The molecule has 0 aromatic heterocycles. The first-order valence-electron chi connectivity index (χ1n) is 5.95. The summed E-state index contributed by atoms with van der Waals surface area (Å²) in [5, 5.41) is 20.3. The molecule has 2 amide bonds. The standard InChI is InChI=1S/C11H20N2O5/c1-7(10(15)16)3-12-11(17)13-4-9(5-14)18-6-8(13)2/h7-9,14H,3-6H2,1-2H3,(H,12,17)(H,15,16). The molecule has 0 spiro atoms. The molecule has 0 aromatic carbocycles. The Hall–Kier alpha value is -1.34. The van der Waals surface area contributed by atoms with Gasteiger partial charge in [-0.2, -0.15) is 0 Å². The van der Waals surface area contributed by atoms with Gasteiger partial charge in [-0.1, -0.05) is 6.92 Å². The number of carboxylic acid groups (broad SMARTS) is 1. The summed E-state index contributed by atoms with van der Waals surface area (Å²) < 4.78 is 5.32. The molecule has 3 atom stereocenters. The lowest BCUT2D eigenvalue weighted by atomic mass is 10.2. The minimum atomic E-state index is -0.946. The van der Waals surface area contributed by atoms with Crippen LogP contribution < -0.4 is 5.32 Å². The highest BCUT2D eigenvalue weighted by Gasteiger charge is 2.29. The molecule has 1 rings (SSSR count). The molecule has 0 radical (unpaired) electrons. The van der Waals surface area contributed by atoms with Gasteiger partial charge in [-0.15, -0.1) is 0 Å². The van der Waals surface area contributed by atoms with Gasteiger partial charge in [0, 0.05) is 6.54 Å². The van der Waals surface area contributed by atoms with Crippen LogP contribution in [-0.4, -0.2) is 65.6 Å². The monoisotopic (exact) mass is 260 g/mol. The summed E-state index contributed by atoms with van der Waals surface area (Å²) in [7, 11) is 0. The fourth-order valence-electron chi connectivity index (χ4n) is 1.64. The van der Waals surface area contributed by atoms with E-state index in [1.807, 2.05) is 6.92 Å². The molecule has 1 fully saturated rings. The maximum Gasteiger partial charge on any atom is 0.317 e. The van der Waals surface area contributed by atoms with Crippen molar-refractivity contribution in [2.75, 3.05) is 26.3 Å². The van der Waals surface area contributed by atoms with Gasteiger partial charge in [-0.05, 0) is 6.92 Å². The van der Waals surface area contributed by atoms with Crippen molar-refractivity contribution in [2.24, 2.45) is 5.92 Å². The first-order chi connectivity index (χ1) is 8.45. The lowest BCUT2D eigenvalue weighted by Gasteiger charge is -2.37. The number of morpholine rings is 1. The first kappa shape index (κ1) is 14.7. The van der Waals surface area contributed by atoms with Crippen LogP contribution in [-0.2, 0) is 9.53 Å². The van der Waals surface area contributed by atoms with Gasteiger partial charge in [0.25, 0.3) is 0 Å². The molecule has 0 aromatic rings. The zero-order chi connectivity index (χ0) is 13.7. The maximum atomic E-state index is 11.9. The smallest absolute Gasteiger partial charge is 0.317 e. The Labute approximate surface area is 106 Å². The number of urea groups is 1. The number of ether oxygens (including phenoxy) is 1. The Morgan fingerprint density at radius 3 is 2.78 bits per heavy atom. The van der Waals surface area contributed by atoms with E-state index in [2.05, 4.69) is 5.32 Å². The molecule has 0 aliphatic carbocycles. The van der Waals surface area contributed by atoms with Gasteiger partial charge in [-0.3, -0.25) is 4.79 Å². The summed E-state index contributed by atoms with van der Waals surface area (Å²) in [6.07, 6.45) is -0.371. The first-order valence-corrected chi connectivity index (χ1v) is 5.95. The van der Waals surface area contributed by atoms with Gasteiger partial charge in [-0.25, -0.2) is 4.79 Å². The van der Waals surface area contributed by atoms with Crippen molar-refractivity contribution in [3.05, 3.63) is 0 Å². The van der Waals surface area contributed by atoms with Crippen LogP contribution in [0.25, 0.3) is 0 Å². The quantitative estimate of drug-likeness (QED) is 0.633. The number of nitrogens with zero attached hydrogens (tertiary/aromatic N) is 1. The molecular formula is C11H20N2O5. The number of carbonyl (C=O) groups is 2. The van der Waals surface area contributed by atoms with E-state index in [1.165, 1.54) is 6.92 Å². The predicted molar refractivity (Wildman–Crippen MR) is 63.2 cm³/mol. The largest absolute Gasteiger partial charge is 0.481 e. The number of aliphatic carboxylic acids is 1. The second-order valence-corrected chi connectivity index (χ2v) is 4.56. The zero-order valence-corrected chi connectivity index (χ0v) is 10.6. The lowest BCUT2D eigenvalue weighted by molar-refractivity contribution is -0.140. The number of rotatable bonds is 4. The van der Waals surface area contributed by atoms with Crippen LogP contribution in [0.15, 0.2) is 0 Å². The Kier molecular flexibility index (Phi) is 5.36. The zero-order valence-electron chi connectivity index (χ0n) is 10.6. The highest BCUT2D eigenvalue weighted by Crippen LogP contribution is 2.11. The number of amides is 2. The number of hydrogen-bond acceptors (Lipinski definition) is 4. The summed E-state index contributed by atoms with van der Waals surface area (Å²) in [5.41, 5.74) is 0. The van der Waals surface area contributed by atoms with Crippen molar-refractivity contribution in [3.8, 4) is 0 Å². The van der Waals surface area contributed by atoms with Crippen LogP contribution in [0, 0.1) is 5.92 Å². The molecule has 1 heterocycles. The van der Waals surface area contributed by atoms with E-state index in [9.17, 15) is 9.59 Å². The van der Waals surface area contributed by atoms with Gasteiger partial charge in [0.05, 0.1) is 37.8 Å². The van der Waals surface area contributed by atoms with Gasteiger partial charge in [0.2, 0.25) is 0 Å². The van der Waals surface area contributed by atoms with E-state index < -0.39 is 11.9 Å². The molecular weight excluding hydrogens is 240 g/mol. The van der Waals surface area contributed by atoms with E-state index in [0.717, 1.165) is 0 Å². The molecule has 1 saturated heterocycles. The van der Waals surface area contributed by atoms with E-state index in [4.69, 9.17) is 14.9 Å². The molecule has 7 nitrogen and oxygen atoms in total. The third-order valence-corrected chi connectivity index (χ3v) is 2.95. The van der Waals surface area contributed by atoms with Crippen LogP contribution in [0.2, 0.25) is 0 Å². The summed E-state index contributed by atoms with van der Waals surface area (Å²) in [5.74, 6) is -1.57. The average molecular weight is 260 g/mol. The summed E-state index contributed by atoms with van der Waals surface area (Å²) >= 11 is 0. The van der Waals surface area contributed by atoms with E-state index in [0.29, 0.717) is 13.2 Å². The normalized spacial score (nSPS) is 25.6. The highest BCUT2D eigenvalue weighted by atomic mass is 16.5. The van der Waals surface area contributed by atoms with Gasteiger partial charge in [0.1, 0.15) is 0 Å². The fraction of sp³-hybridized carbons (Fsp3) is 0.818. The summed E-state index contributed by atoms with van der Waals surface area (Å²) in [6, 6.07) is -0.412. The number of carboxylic acids is 1. The molecule has 7 heteroatoms. The second kappa shape index (κ2) is 6.55. The van der Waals surface area contributed by atoms with Crippen molar-refractivity contribution >= 4 is 12.0 Å². The molecule has 3 unspecified atom stereocenters. The van der Waals surface area contributed by atoms with Crippen LogP contribution in [0.4, 0.5) is 4.79 Å². The number of nitrogens with one attached hydrogen (secondary N) is 1. The Morgan fingerprint density at radius 2 is 2.22 bits per heavy atom. The number of aliphatic hydroxyl groups excluding tert-OH is 1. The van der Waals surface area contributed by atoms with Crippen molar-refractivity contribution in [2.45, 2.75) is 26.0 Å². The molecule has 0 bridgehead atoms. The van der Waals surface area contributed by atoms with Crippen molar-refractivity contribution in [1.82, 2.24) is 10.2 Å². The van der Waals surface area contributed by atoms with Crippen molar-refractivity contribution in [1.29, 1.82) is 0 Å². The minimum absolute atomic E-state index is 0.0854. The minimum Gasteiger partial charge on any atom is -0.481 e. The van der Waals surface area contributed by atoms with Crippen LogP contribution >= 0.6 is 0 Å². The van der Waals surface area contributed by atoms with Crippen LogP contribution in [0.3, 0.4) is 0 Å². The van der Waals surface area contributed by atoms with Crippen molar-refractivity contribution < 1.29 is 24.5 Å². The van der Waals surface area contributed by atoms with Crippen molar-refractivity contribution in [3.63, 3.8) is 0 Å². The molecule has 104 valence electrons. The second-order valence-electron chi connectivity index (χ2n) is 4.56. The Morgan fingerprint density at radius 1 is 1.56 bits per heavy atom. The van der Waals surface area contributed by atoms with Crippen LogP contribution in [0.1, 0.15) is 13.8 Å². The predicted octanol–water partition coefficient (Wildman–Crippen LogP) is -0.502. The SMILES string of the molecule is CC(CNC(=O)N1CC(CO)OCC1C)C(=O)O. The third kappa shape index (κ3) is 3.85. The summed E-state index contributed by atoms with van der Waals surface area (Å²) in [6.45, 7) is 4.00. The average Bonchev–Trinajstić information content (AvgIpc) is 2.35. The molecule has 0 saturated carbocycles. The maximum absolute atomic E-state index is 11.9. The lowest BCUT2D eigenvalue weighted by Crippen LogP contribution is -2.55. The van der Waals surface area contributed by atoms with E-state index in [-0.39, 0.29) is 31.3 Å². The third-order valence-electron chi connectivity index (χ3n) is 2.95. The van der Waals surface area contributed by atoms with Crippen LogP contribution in [0.5, 0.6) is 0 Å². The Bertz CT molecular complexity index is 310. The number of hydrogen-bond donors (Lipinski definition) is 3. The fourth-order valence-corrected chi connectivity index (χ4v) is 1.64. The molecule has 18 heavy (non-hydrogen) atoms.